The van der Waals surface area contributed by atoms with Crippen LogP contribution in [0.2, 0.25) is 0 Å². The molecule has 0 saturated heterocycles. The van der Waals surface area contributed by atoms with Gasteiger partial charge in [0.1, 0.15) is 5.69 Å². The van der Waals surface area contributed by atoms with Crippen molar-refractivity contribution in [2.24, 2.45) is 10.9 Å². The van der Waals surface area contributed by atoms with Gasteiger partial charge in [0.05, 0.1) is 5.56 Å². The summed E-state index contributed by atoms with van der Waals surface area (Å²) < 4.78 is 85.2. The number of halogens is 5. The fourth-order valence-electron chi connectivity index (χ4n) is 1.36. The van der Waals surface area contributed by atoms with Crippen molar-refractivity contribution >= 4 is 10.0 Å². The maximum atomic E-state index is 12.7. The number of primary sulfonamides is 1. The van der Waals surface area contributed by atoms with Gasteiger partial charge in [-0.1, -0.05) is 0 Å². The first-order valence-corrected chi connectivity index (χ1v) is 6.15. The first-order valence-electron chi connectivity index (χ1n) is 4.60. The highest BCUT2D eigenvalue weighted by Gasteiger charge is 2.37. The van der Waals surface area contributed by atoms with E-state index in [-0.39, 0.29) is 6.07 Å². The minimum absolute atomic E-state index is 0.0571. The average molecular weight is 305 g/mol. The molecule has 4 N–H and O–H groups in total. The van der Waals surface area contributed by atoms with E-state index in [4.69, 9.17) is 5.73 Å². The third-order valence-corrected chi connectivity index (χ3v) is 2.99. The Balaban J connectivity index is 3.77. The summed E-state index contributed by atoms with van der Waals surface area (Å²) in [5.41, 5.74) is 1.15. The summed E-state index contributed by atoms with van der Waals surface area (Å²) in [6.07, 6.45) is -8.44. The summed E-state index contributed by atoms with van der Waals surface area (Å²) in [6.45, 7) is -0.864. The molecule has 0 fully saturated rings. The van der Waals surface area contributed by atoms with Crippen LogP contribution in [0.15, 0.2) is 11.1 Å². The molecule has 1 heterocycles. The maximum Gasteiger partial charge on any atom is 0.416 e. The fraction of sp³-hybridized carbons (Fsp3) is 0.375. The average Bonchev–Trinajstić information content (AvgIpc) is 2.24. The maximum absolute atomic E-state index is 12.7. The number of hydrogen-bond donors (Lipinski definition) is 2. The first kappa shape index (κ1) is 15.7. The number of nitrogens with two attached hydrogens (primary N) is 2. The van der Waals surface area contributed by atoms with Gasteiger partial charge in [0.15, 0.2) is 5.03 Å². The highest BCUT2D eigenvalue weighted by molar-refractivity contribution is 7.89. The van der Waals surface area contributed by atoms with E-state index < -0.39 is 51.0 Å². The van der Waals surface area contributed by atoms with Crippen molar-refractivity contribution in [2.45, 2.75) is 24.2 Å². The molecule has 1 aromatic heterocycles. The molecule has 0 amide bonds. The smallest absolute Gasteiger partial charge is 0.326 e. The number of sulfonamides is 1. The van der Waals surface area contributed by atoms with E-state index >= 15 is 0 Å². The van der Waals surface area contributed by atoms with Gasteiger partial charge in [-0.2, -0.15) is 13.2 Å². The molecule has 0 radical (unpaired) electrons. The summed E-state index contributed by atoms with van der Waals surface area (Å²) in [5, 5.41) is 3.36. The second-order valence-corrected chi connectivity index (χ2v) is 4.90. The molecule has 0 aliphatic rings. The van der Waals surface area contributed by atoms with Crippen LogP contribution in [-0.2, 0) is 22.7 Å². The van der Waals surface area contributed by atoms with E-state index in [9.17, 15) is 30.4 Å². The summed E-state index contributed by atoms with van der Waals surface area (Å²) in [6, 6.07) is 0.0571. The number of rotatable bonds is 3. The van der Waals surface area contributed by atoms with Crippen LogP contribution in [0.5, 0.6) is 0 Å². The molecule has 1 aromatic rings. The molecule has 0 aliphatic carbocycles. The molecule has 0 saturated carbocycles. The van der Waals surface area contributed by atoms with Crippen LogP contribution in [0.4, 0.5) is 22.0 Å². The van der Waals surface area contributed by atoms with Gasteiger partial charge in [-0.3, -0.25) is 0 Å². The van der Waals surface area contributed by atoms with Crippen LogP contribution in [0.3, 0.4) is 0 Å². The van der Waals surface area contributed by atoms with E-state index in [1.54, 1.807) is 0 Å². The number of nitrogens with zero attached hydrogens (tertiary/aromatic N) is 1. The Morgan fingerprint density at radius 3 is 2.16 bits per heavy atom. The normalized spacial score (nSPS) is 13.1. The van der Waals surface area contributed by atoms with Crippen LogP contribution < -0.4 is 10.9 Å². The molecule has 0 bridgehead atoms. The van der Waals surface area contributed by atoms with Crippen molar-refractivity contribution in [1.82, 2.24) is 4.98 Å². The molecule has 0 aliphatic heterocycles. The predicted molar refractivity (Wildman–Crippen MR) is 53.5 cm³/mol. The molecule has 0 atom stereocenters. The van der Waals surface area contributed by atoms with Crippen LogP contribution in [0.25, 0.3) is 0 Å². The SMILES string of the molecule is NCc1c(C(F)(F)F)cc(C(F)F)nc1S(N)(=O)=O. The molecular weight excluding hydrogens is 297 g/mol. The summed E-state index contributed by atoms with van der Waals surface area (Å²) >= 11 is 0. The standard InChI is InChI=1S/C8H8F5N3O2S/c9-6(10)5-1-4(8(11,12)13)3(2-14)7(16-5)19(15,17)18/h1,6H,2,14H2,(H2,15,17,18). The predicted octanol–water partition coefficient (Wildman–Crippen LogP) is 1.14. The Morgan fingerprint density at radius 2 is 1.84 bits per heavy atom. The fourth-order valence-corrected chi connectivity index (χ4v) is 2.13. The van der Waals surface area contributed by atoms with Gasteiger partial charge in [0, 0.05) is 12.1 Å². The third-order valence-electron chi connectivity index (χ3n) is 2.11. The minimum Gasteiger partial charge on any atom is -0.326 e. The van der Waals surface area contributed by atoms with Gasteiger partial charge in [-0.15, -0.1) is 0 Å². The summed E-state index contributed by atoms with van der Waals surface area (Å²) in [5.74, 6) is 0. The second kappa shape index (κ2) is 4.98. The van der Waals surface area contributed by atoms with E-state index in [0.29, 0.717) is 0 Å². The Labute approximate surface area is 104 Å². The van der Waals surface area contributed by atoms with Crippen molar-refractivity contribution in [3.63, 3.8) is 0 Å². The molecule has 108 valence electrons. The molecule has 0 spiro atoms. The topological polar surface area (TPSA) is 99.1 Å². The number of aromatic nitrogens is 1. The Bertz CT molecular complexity index is 585. The second-order valence-electron chi connectivity index (χ2n) is 3.43. The zero-order valence-electron chi connectivity index (χ0n) is 9.08. The van der Waals surface area contributed by atoms with Crippen LogP contribution >= 0.6 is 0 Å². The van der Waals surface area contributed by atoms with Crippen molar-refractivity contribution in [3.05, 3.63) is 22.9 Å². The molecule has 19 heavy (non-hydrogen) atoms. The zero-order valence-corrected chi connectivity index (χ0v) is 9.89. The van der Waals surface area contributed by atoms with Crippen molar-refractivity contribution in [3.8, 4) is 0 Å². The monoisotopic (exact) mass is 305 g/mol. The van der Waals surface area contributed by atoms with Gasteiger partial charge in [-0.05, 0) is 6.07 Å². The molecule has 11 heteroatoms. The lowest BCUT2D eigenvalue weighted by molar-refractivity contribution is -0.138. The van der Waals surface area contributed by atoms with E-state index in [1.165, 1.54) is 0 Å². The molecule has 5 nitrogen and oxygen atoms in total. The van der Waals surface area contributed by atoms with Gasteiger partial charge in [-0.25, -0.2) is 27.3 Å². The van der Waals surface area contributed by atoms with E-state index in [1.807, 2.05) is 0 Å². The summed E-state index contributed by atoms with van der Waals surface area (Å²) in [4.78, 5) is 2.95. The summed E-state index contributed by atoms with van der Waals surface area (Å²) in [7, 11) is -4.71. The Kier molecular flexibility index (Phi) is 4.12. The van der Waals surface area contributed by atoms with Gasteiger partial charge >= 0.3 is 6.18 Å². The van der Waals surface area contributed by atoms with E-state index in [0.717, 1.165) is 0 Å². The quantitative estimate of drug-likeness (QED) is 0.818. The van der Waals surface area contributed by atoms with Crippen LogP contribution in [0.1, 0.15) is 23.2 Å². The number of hydrogen-bond acceptors (Lipinski definition) is 4. The highest BCUT2D eigenvalue weighted by Crippen LogP contribution is 2.35. The third kappa shape index (κ3) is 3.36. The van der Waals surface area contributed by atoms with Gasteiger partial charge in [0.25, 0.3) is 16.4 Å². The Hall–Kier alpha value is -1.33. The van der Waals surface area contributed by atoms with Crippen molar-refractivity contribution in [1.29, 1.82) is 0 Å². The van der Waals surface area contributed by atoms with Crippen molar-refractivity contribution in [2.75, 3.05) is 0 Å². The van der Waals surface area contributed by atoms with Gasteiger partial charge in [0.2, 0.25) is 0 Å². The van der Waals surface area contributed by atoms with Gasteiger partial charge < -0.3 is 5.73 Å². The highest BCUT2D eigenvalue weighted by atomic mass is 32.2. The lowest BCUT2D eigenvalue weighted by atomic mass is 10.1. The molecule has 1 rings (SSSR count). The first-order chi connectivity index (χ1) is 8.48. The minimum atomic E-state index is -5.05. The largest absolute Gasteiger partial charge is 0.416 e. The van der Waals surface area contributed by atoms with E-state index in [2.05, 4.69) is 10.1 Å². The zero-order chi connectivity index (χ0) is 15.0. The van der Waals surface area contributed by atoms with Crippen molar-refractivity contribution < 1.29 is 30.4 Å². The lowest BCUT2D eigenvalue weighted by Gasteiger charge is -2.15. The van der Waals surface area contributed by atoms with Crippen LogP contribution in [0, 0.1) is 0 Å². The number of alkyl halides is 5. The van der Waals surface area contributed by atoms with Crippen LogP contribution in [-0.4, -0.2) is 13.4 Å². The molecule has 0 aromatic carbocycles. The number of pyridine rings is 1. The molecule has 0 unspecified atom stereocenters. The molecular formula is C8H8F5N3O2S. The Morgan fingerprint density at radius 1 is 1.32 bits per heavy atom. The lowest BCUT2D eigenvalue weighted by Crippen LogP contribution is -2.23.